The van der Waals surface area contributed by atoms with Crippen LogP contribution < -0.4 is 59.3 Å². The lowest BCUT2D eigenvalue weighted by atomic mass is 10.0. The Labute approximate surface area is 891 Å². The van der Waals surface area contributed by atoms with E-state index in [0.717, 1.165) is 28.3 Å². The van der Waals surface area contributed by atoms with E-state index in [2.05, 4.69) is 59.2 Å². The first-order valence-corrected chi connectivity index (χ1v) is 51.5. The molecule has 2 heterocycles. The molecule has 2 bridgehead atoms. The standard InChI is InChI=1S/C25H40N2O6.C22H35N3O6.C22H33N3O5.C15H29NO5.2C10H21NO3.C5H8O2/c1-8-32-22(28)13-14-31-16-21(17(2)3)26-23(29)20(27-24(30)33-25(5,6)7)15-19-11-9-18(4)10-12-19;1-14(2)18(13-30-11-10-19(26)27)24-20(28)17(25-21(29)31-22(3,4)5)12-15-6-8-16(23)9-7-15;1-14(2)18-13-29-11-10-19(26)23-16-8-6-15(7-9-16)12-17(20(27)24-18)25-21(28)30-22(3,4)5;1-7-20-13(17)8-9-19-10-12(11(2)3)16-14(18)21-15(4,5)6;1-7(2)8(6-12)11-9(13)14-10(3,4)5;1-4-14-10(12)5-6-13-7-9(11)8(2)3;1-3-5(6)7-4-2/h9-12,17,20-21H,8,13-16H2,1-7H3,(H,26,29)(H,27,30);6-9,14,17-18H,10-13,23H2,1-5H3,(H,24,28)(H,25,29)(H,26,27);6-9,14,17-18H,10-13H2,1-5H3,(H,23,26)(H,24,27)(H,25,28);11-12H,7-10H2,1-6H3,(H,16,18);7-8,12H,6H2,1-5H3,(H,11,13);8-9H,4-7,11H2,1-3H3;3H,1,4H2,2H3/t20-,21-;2*17-,18-;12-;8-;9-;/m111111./s1. The van der Waals surface area contributed by atoms with Crippen LogP contribution in [0.15, 0.2) is 85.5 Å². The van der Waals surface area contributed by atoms with Gasteiger partial charge in [-0.3, -0.25) is 38.4 Å². The molecule has 9 amide bonds. The number of nitrogens with two attached hydrogens (primary N) is 2. The van der Waals surface area contributed by atoms with Gasteiger partial charge in [-0.25, -0.2) is 28.8 Å². The smallest absolute Gasteiger partial charge is 0.408 e. The van der Waals surface area contributed by atoms with E-state index < -0.39 is 82.6 Å². The number of carbonyl (C=O) groups is 14. The number of carboxylic acids is 1. The number of rotatable bonds is 45. The Kier molecular flexibility index (Phi) is 73.1. The molecule has 0 saturated carbocycles. The molecule has 0 aliphatic carbocycles. The third-order valence-electron chi connectivity index (χ3n) is 20.3. The summed E-state index contributed by atoms with van der Waals surface area (Å²) < 4.78 is 72.4. The van der Waals surface area contributed by atoms with Gasteiger partial charge in [0, 0.05) is 42.8 Å². The normalized spacial score (nSPS) is 14.6. The molecule has 0 aromatic heterocycles. The molecule has 150 heavy (non-hydrogen) atoms. The molecule has 15 N–H and O–H groups in total. The van der Waals surface area contributed by atoms with Crippen molar-refractivity contribution < 1.29 is 144 Å². The van der Waals surface area contributed by atoms with Crippen LogP contribution in [0.5, 0.6) is 0 Å². The van der Waals surface area contributed by atoms with Crippen LogP contribution in [0, 0.1) is 42.4 Å². The van der Waals surface area contributed by atoms with Gasteiger partial charge in [0.15, 0.2) is 0 Å². The van der Waals surface area contributed by atoms with Crippen molar-refractivity contribution in [2.45, 2.75) is 355 Å². The maximum atomic E-state index is 13.1. The lowest BCUT2D eigenvalue weighted by Crippen LogP contribution is -2.53. The molecule has 41 nitrogen and oxygen atoms in total. The molecule has 2 aliphatic heterocycles. The number of carboxylic acid groups (broad SMARTS) is 1. The molecule has 858 valence electrons. The van der Waals surface area contributed by atoms with E-state index in [4.69, 9.17) is 83.3 Å². The number of hydrogen-bond acceptors (Lipinski definition) is 31. The molecular formula is C109H187N11O30. The van der Waals surface area contributed by atoms with Gasteiger partial charge in [-0.15, -0.1) is 0 Å². The predicted molar refractivity (Wildman–Crippen MR) is 575 cm³/mol. The minimum atomic E-state index is -0.949. The lowest BCUT2D eigenvalue weighted by Gasteiger charge is -2.27. The van der Waals surface area contributed by atoms with Gasteiger partial charge in [-0.2, -0.15) is 0 Å². The monoisotopic (exact) mass is 2130 g/mol. The van der Waals surface area contributed by atoms with Gasteiger partial charge >= 0.3 is 60.3 Å². The number of ether oxygens (including phenoxy) is 14. The van der Waals surface area contributed by atoms with Crippen molar-refractivity contribution in [3.63, 3.8) is 0 Å². The summed E-state index contributed by atoms with van der Waals surface area (Å²) in [6.07, 6.45) is -0.162. The van der Waals surface area contributed by atoms with E-state index in [1.54, 1.807) is 147 Å². The van der Waals surface area contributed by atoms with Gasteiger partial charge in [-0.05, 0) is 215 Å². The minimum Gasteiger partial charge on any atom is -0.481 e. The number of anilines is 2. The zero-order valence-electron chi connectivity index (χ0n) is 95.6. The fourth-order valence-corrected chi connectivity index (χ4v) is 11.7. The van der Waals surface area contributed by atoms with Crippen LogP contribution in [0.25, 0.3) is 0 Å². The first-order chi connectivity index (χ1) is 69.6. The number of aliphatic hydroxyl groups excluding tert-OH is 1. The molecule has 9 atom stereocenters. The number of fused-ring (bicyclic) bond motifs is 12. The van der Waals surface area contributed by atoms with Crippen LogP contribution in [0.2, 0.25) is 0 Å². The summed E-state index contributed by atoms with van der Waals surface area (Å²) in [6.45, 7) is 66.7. The van der Waals surface area contributed by atoms with Gasteiger partial charge < -0.3 is 136 Å². The topological polar surface area (TPSA) is 569 Å². The molecule has 3 aromatic carbocycles. The fourth-order valence-electron chi connectivity index (χ4n) is 11.7. The van der Waals surface area contributed by atoms with Crippen LogP contribution in [0.4, 0.5) is 35.3 Å². The summed E-state index contributed by atoms with van der Waals surface area (Å²) in [4.78, 5) is 165. The number of esters is 4. The third-order valence-corrected chi connectivity index (χ3v) is 20.3. The van der Waals surface area contributed by atoms with Crippen LogP contribution in [-0.4, -0.2) is 276 Å². The summed E-state index contributed by atoms with van der Waals surface area (Å²) in [7, 11) is 0. The predicted octanol–water partition coefficient (Wildman–Crippen LogP) is 14.2. The van der Waals surface area contributed by atoms with Gasteiger partial charge in [0.2, 0.25) is 23.6 Å². The van der Waals surface area contributed by atoms with Crippen LogP contribution >= 0.6 is 0 Å². The quantitative estimate of drug-likeness (QED) is 0.00821. The Morgan fingerprint density at radius 2 is 0.807 bits per heavy atom. The summed E-state index contributed by atoms with van der Waals surface area (Å²) in [5.41, 5.74) is 13.4. The number of aliphatic carboxylic acids is 1. The number of nitrogen functional groups attached to an aromatic ring is 1. The van der Waals surface area contributed by atoms with E-state index >= 15 is 0 Å². The number of aryl methyl sites for hydroxylation is 1. The van der Waals surface area contributed by atoms with Gasteiger partial charge in [0.1, 0.15) is 46.1 Å². The second-order valence-corrected chi connectivity index (χ2v) is 42.2. The molecule has 5 rings (SSSR count). The lowest BCUT2D eigenvalue weighted by molar-refractivity contribution is -0.145. The molecule has 0 spiro atoms. The number of amides is 9. The van der Waals surface area contributed by atoms with Gasteiger partial charge in [0.25, 0.3) is 0 Å². The number of hydrogen-bond donors (Lipinski definition) is 13. The second-order valence-electron chi connectivity index (χ2n) is 42.2. The Morgan fingerprint density at radius 3 is 1.14 bits per heavy atom. The zero-order valence-corrected chi connectivity index (χ0v) is 95.6. The zero-order chi connectivity index (χ0) is 115. The van der Waals surface area contributed by atoms with Crippen LogP contribution in [-0.2, 0) is 129 Å². The van der Waals surface area contributed by atoms with Gasteiger partial charge in [0.05, 0.1) is 161 Å². The van der Waals surface area contributed by atoms with E-state index in [-0.39, 0.29) is 205 Å². The first kappa shape index (κ1) is 143. The SMILES string of the molecule is C=CC(=O)OCC.CC(C)[C@@H](CO)NC(=O)OC(C)(C)C.CC(C)[C@@H](COCCC(=O)O)NC(=O)[C@@H](Cc1ccc(N)cc1)NC(=O)OC(C)(C)C.CC(C)[C@H]1COCCC(=O)Nc2ccc(cc2)C[C@@H](NC(=O)OC(C)(C)C)C(=O)N1.CCOC(=O)CCOC[C@@H](N)C(C)C.CCOC(=O)CCOC[C@@H](NC(=O)OC(C)(C)C)C(C)C.CCOC(=O)CCOC[C@@H](NC(=O)[C@@H](Cc1ccc(C)cc1)NC(=O)OC(C)(C)C)C(C)C. The molecule has 0 unspecified atom stereocenters. The van der Waals surface area contributed by atoms with Crippen molar-refractivity contribution in [2.75, 3.05) is 110 Å². The summed E-state index contributed by atoms with van der Waals surface area (Å²) in [5.74, 6) is -2.26. The maximum Gasteiger partial charge on any atom is 0.408 e. The van der Waals surface area contributed by atoms with E-state index in [1.165, 1.54) is 0 Å². The number of carbonyl (C=O) groups excluding carboxylic acids is 13. The van der Waals surface area contributed by atoms with E-state index in [0.29, 0.717) is 76.4 Å². The van der Waals surface area contributed by atoms with Crippen molar-refractivity contribution >= 4 is 95.3 Å². The molecule has 3 aromatic rings. The van der Waals surface area contributed by atoms with Crippen LogP contribution in [0.1, 0.15) is 269 Å². The van der Waals surface area contributed by atoms with Crippen molar-refractivity contribution in [3.8, 4) is 0 Å². The highest BCUT2D eigenvalue weighted by molar-refractivity contribution is 5.91. The Balaban J connectivity index is -0.00000175. The Hall–Kier alpha value is -11.5. The van der Waals surface area contributed by atoms with Crippen molar-refractivity contribution in [2.24, 2.45) is 41.2 Å². The average molecular weight is 2130 g/mol. The third kappa shape index (κ3) is 78.7. The van der Waals surface area contributed by atoms with E-state index in [9.17, 15) is 67.1 Å². The van der Waals surface area contributed by atoms with E-state index in [1.807, 2.05) is 147 Å². The minimum absolute atomic E-state index is 0.0347. The summed E-state index contributed by atoms with van der Waals surface area (Å²) >= 11 is 0. The summed E-state index contributed by atoms with van der Waals surface area (Å²) in [6, 6.07) is 18.3. The number of aliphatic hydroxyl groups is 1. The first-order valence-electron chi connectivity index (χ1n) is 51.5. The molecule has 41 heteroatoms. The summed E-state index contributed by atoms with van der Waals surface area (Å²) in [5, 5.41) is 42.8. The largest absolute Gasteiger partial charge is 0.481 e. The molecule has 0 saturated heterocycles. The highest BCUT2D eigenvalue weighted by atomic mass is 16.6. The highest BCUT2D eigenvalue weighted by Gasteiger charge is 2.33. The second kappa shape index (κ2) is 76.9. The molecule has 0 radical (unpaired) electrons. The van der Waals surface area contributed by atoms with Crippen molar-refractivity contribution in [3.05, 3.63) is 108 Å². The molecule has 2 aliphatic rings. The number of benzene rings is 3. The van der Waals surface area contributed by atoms with Gasteiger partial charge in [-0.1, -0.05) is 144 Å². The number of nitrogens with one attached hydrogen (secondary N) is 9. The van der Waals surface area contributed by atoms with Crippen LogP contribution in [0.3, 0.4) is 0 Å². The Morgan fingerprint density at radius 1 is 0.460 bits per heavy atom. The van der Waals surface area contributed by atoms with Crippen molar-refractivity contribution in [1.82, 2.24) is 42.5 Å². The average Bonchev–Trinajstić information content (AvgIpc) is 1.06. The molecule has 0 fully saturated rings. The highest BCUT2D eigenvalue weighted by Crippen LogP contribution is 2.20. The number of alkyl carbamates (subject to hydrolysis) is 5. The Bertz CT molecular complexity index is 4370. The fraction of sp³-hybridized carbons (Fsp3) is 0.688. The molecular weight excluding hydrogens is 1940 g/mol. The maximum absolute atomic E-state index is 13.1. The van der Waals surface area contributed by atoms with Crippen molar-refractivity contribution in [1.29, 1.82) is 0 Å².